The second-order valence-corrected chi connectivity index (χ2v) is 5.56. The smallest absolute Gasteiger partial charge is 0.226 e. The highest BCUT2D eigenvalue weighted by Crippen LogP contribution is 2.11. The summed E-state index contributed by atoms with van der Waals surface area (Å²) in [5.41, 5.74) is 1.08. The Morgan fingerprint density at radius 3 is 2.90 bits per heavy atom. The normalized spacial score (nSPS) is 19.4. The molecule has 2 unspecified atom stereocenters. The number of aliphatic hydroxyl groups is 1. The number of carbonyl (C=O) groups excluding carboxylic acids is 1. The zero-order chi connectivity index (χ0) is 15.1. The van der Waals surface area contributed by atoms with Crippen LogP contribution in [0.25, 0.3) is 0 Å². The molecule has 2 N–H and O–H groups in total. The average Bonchev–Trinajstić information content (AvgIpc) is 3.01. The molecule has 1 aromatic rings. The van der Waals surface area contributed by atoms with E-state index in [1.165, 1.54) is 0 Å². The van der Waals surface area contributed by atoms with E-state index in [9.17, 15) is 9.90 Å². The van der Waals surface area contributed by atoms with Crippen LogP contribution in [0, 0.1) is 5.92 Å². The third kappa shape index (κ3) is 5.12. The van der Waals surface area contributed by atoms with Gasteiger partial charge in [0, 0.05) is 20.1 Å². The molecule has 1 aromatic carbocycles. The lowest BCUT2D eigenvalue weighted by atomic mass is 10.1. The van der Waals surface area contributed by atoms with Gasteiger partial charge in [0.05, 0.1) is 25.2 Å². The number of carbonyl (C=O) groups is 1. The quantitative estimate of drug-likeness (QED) is 0.774. The molecule has 1 heterocycles. The summed E-state index contributed by atoms with van der Waals surface area (Å²) in [4.78, 5) is 13.7. The van der Waals surface area contributed by atoms with Gasteiger partial charge in [0.1, 0.15) is 0 Å². The number of rotatable bonds is 7. The fourth-order valence-electron chi connectivity index (χ4n) is 2.52. The Hall–Kier alpha value is -1.43. The van der Waals surface area contributed by atoms with Crippen LogP contribution in [0.3, 0.4) is 0 Å². The van der Waals surface area contributed by atoms with Gasteiger partial charge < -0.3 is 20.1 Å². The van der Waals surface area contributed by atoms with E-state index < -0.39 is 6.10 Å². The van der Waals surface area contributed by atoms with Crippen LogP contribution in [-0.2, 0) is 16.1 Å². The summed E-state index contributed by atoms with van der Waals surface area (Å²) in [6.45, 7) is 2.65. The number of aliphatic hydroxyl groups excluding tert-OH is 1. The van der Waals surface area contributed by atoms with E-state index in [0.29, 0.717) is 13.2 Å². The number of hydrogen-bond acceptors (Lipinski definition) is 4. The maximum atomic E-state index is 12.1. The zero-order valence-electron chi connectivity index (χ0n) is 12.5. The monoisotopic (exact) mass is 292 g/mol. The molecule has 116 valence electrons. The van der Waals surface area contributed by atoms with Gasteiger partial charge in [-0.25, -0.2) is 0 Å². The Bertz CT molecular complexity index is 432. The molecule has 0 aliphatic carbocycles. The van der Waals surface area contributed by atoms with Gasteiger partial charge in [-0.3, -0.25) is 4.79 Å². The van der Waals surface area contributed by atoms with Crippen molar-refractivity contribution in [1.82, 2.24) is 10.2 Å². The maximum absolute atomic E-state index is 12.1. The predicted molar refractivity (Wildman–Crippen MR) is 80.7 cm³/mol. The van der Waals surface area contributed by atoms with Crippen molar-refractivity contribution < 1.29 is 14.6 Å². The Morgan fingerprint density at radius 2 is 2.24 bits per heavy atom. The van der Waals surface area contributed by atoms with Crippen LogP contribution in [0.2, 0.25) is 0 Å². The molecule has 1 aliphatic heterocycles. The molecule has 5 nitrogen and oxygen atoms in total. The van der Waals surface area contributed by atoms with Gasteiger partial charge in [0.25, 0.3) is 0 Å². The van der Waals surface area contributed by atoms with Crippen LogP contribution in [-0.4, -0.2) is 55.3 Å². The van der Waals surface area contributed by atoms with Crippen molar-refractivity contribution in [3.05, 3.63) is 35.9 Å². The molecule has 21 heavy (non-hydrogen) atoms. The van der Waals surface area contributed by atoms with Gasteiger partial charge in [-0.1, -0.05) is 30.3 Å². The van der Waals surface area contributed by atoms with Crippen LogP contribution in [0.1, 0.15) is 12.0 Å². The van der Waals surface area contributed by atoms with Gasteiger partial charge in [-0.05, 0) is 18.5 Å². The van der Waals surface area contributed by atoms with Gasteiger partial charge in [0.2, 0.25) is 5.91 Å². The van der Waals surface area contributed by atoms with E-state index in [1.807, 2.05) is 30.3 Å². The summed E-state index contributed by atoms with van der Waals surface area (Å²) in [5, 5.41) is 13.1. The molecule has 0 aromatic heterocycles. The second kappa shape index (κ2) is 8.12. The predicted octanol–water partition coefficient (Wildman–Crippen LogP) is 0.632. The van der Waals surface area contributed by atoms with E-state index in [-0.39, 0.29) is 18.4 Å². The lowest BCUT2D eigenvalue weighted by Gasteiger charge is -2.23. The fraction of sp³-hybridized carbons (Fsp3) is 0.562. The third-order valence-electron chi connectivity index (χ3n) is 3.69. The highest BCUT2D eigenvalue weighted by Gasteiger charge is 2.26. The molecular formula is C16H24N2O3. The molecule has 1 fully saturated rings. The van der Waals surface area contributed by atoms with Crippen molar-refractivity contribution in [2.75, 3.05) is 33.3 Å². The topological polar surface area (TPSA) is 61.8 Å². The largest absolute Gasteiger partial charge is 0.389 e. The van der Waals surface area contributed by atoms with Gasteiger partial charge in [-0.15, -0.1) is 0 Å². The zero-order valence-corrected chi connectivity index (χ0v) is 12.5. The number of amides is 1. The Balaban J connectivity index is 1.66. The van der Waals surface area contributed by atoms with Crippen molar-refractivity contribution in [2.24, 2.45) is 5.92 Å². The van der Waals surface area contributed by atoms with E-state index in [0.717, 1.165) is 25.1 Å². The molecule has 0 saturated carbocycles. The SMILES string of the molecule is CN(CC(O)COCc1ccccc1)C(=O)C1CCNC1. The summed E-state index contributed by atoms with van der Waals surface area (Å²) in [6.07, 6.45) is 0.223. The number of ether oxygens (including phenoxy) is 1. The van der Waals surface area contributed by atoms with E-state index in [2.05, 4.69) is 5.32 Å². The van der Waals surface area contributed by atoms with Crippen molar-refractivity contribution in [3.8, 4) is 0 Å². The first kappa shape index (κ1) is 15.9. The van der Waals surface area contributed by atoms with Crippen molar-refractivity contribution in [2.45, 2.75) is 19.1 Å². The minimum atomic E-state index is -0.656. The number of nitrogens with zero attached hydrogens (tertiary/aromatic N) is 1. The highest BCUT2D eigenvalue weighted by molar-refractivity contribution is 5.79. The van der Waals surface area contributed by atoms with Crippen LogP contribution >= 0.6 is 0 Å². The first-order chi connectivity index (χ1) is 10.2. The molecule has 1 aliphatic rings. The van der Waals surface area contributed by atoms with Gasteiger partial charge >= 0.3 is 0 Å². The molecule has 1 saturated heterocycles. The first-order valence-electron chi connectivity index (χ1n) is 7.42. The number of likely N-dealkylation sites (N-methyl/N-ethyl adjacent to an activating group) is 1. The Morgan fingerprint density at radius 1 is 1.48 bits per heavy atom. The minimum absolute atomic E-state index is 0.0486. The van der Waals surface area contributed by atoms with Gasteiger partial charge in [-0.2, -0.15) is 0 Å². The standard InChI is InChI=1S/C16H24N2O3/c1-18(16(20)14-7-8-17-9-14)10-15(19)12-21-11-13-5-3-2-4-6-13/h2-6,14-15,17,19H,7-12H2,1H3. The Kier molecular flexibility index (Phi) is 6.17. The molecule has 1 amide bonds. The molecule has 5 heteroatoms. The van der Waals surface area contributed by atoms with E-state index >= 15 is 0 Å². The van der Waals surface area contributed by atoms with Crippen molar-refractivity contribution in [1.29, 1.82) is 0 Å². The number of nitrogens with one attached hydrogen (secondary N) is 1. The minimum Gasteiger partial charge on any atom is -0.389 e. The lowest BCUT2D eigenvalue weighted by molar-refractivity contribution is -0.135. The Labute approximate surface area is 125 Å². The summed E-state index contributed by atoms with van der Waals surface area (Å²) in [5.74, 6) is 0.148. The number of benzene rings is 1. The molecule has 2 rings (SSSR count). The lowest BCUT2D eigenvalue weighted by Crippen LogP contribution is -2.40. The third-order valence-corrected chi connectivity index (χ3v) is 3.69. The molecule has 2 atom stereocenters. The first-order valence-corrected chi connectivity index (χ1v) is 7.42. The number of hydrogen-bond donors (Lipinski definition) is 2. The maximum Gasteiger partial charge on any atom is 0.226 e. The molecule has 0 bridgehead atoms. The van der Waals surface area contributed by atoms with Crippen LogP contribution < -0.4 is 5.32 Å². The summed E-state index contributed by atoms with van der Waals surface area (Å²) < 4.78 is 5.49. The van der Waals surface area contributed by atoms with Crippen molar-refractivity contribution in [3.63, 3.8) is 0 Å². The van der Waals surface area contributed by atoms with E-state index in [1.54, 1.807) is 11.9 Å². The van der Waals surface area contributed by atoms with Crippen LogP contribution in [0.4, 0.5) is 0 Å². The molecule has 0 spiro atoms. The molecule has 0 radical (unpaired) electrons. The summed E-state index contributed by atoms with van der Waals surface area (Å²) >= 11 is 0. The van der Waals surface area contributed by atoms with Crippen LogP contribution in [0.5, 0.6) is 0 Å². The summed E-state index contributed by atoms with van der Waals surface area (Å²) in [7, 11) is 1.74. The highest BCUT2D eigenvalue weighted by atomic mass is 16.5. The van der Waals surface area contributed by atoms with E-state index in [4.69, 9.17) is 4.74 Å². The van der Waals surface area contributed by atoms with Crippen LogP contribution in [0.15, 0.2) is 30.3 Å². The molecular weight excluding hydrogens is 268 g/mol. The second-order valence-electron chi connectivity index (χ2n) is 5.56. The average molecular weight is 292 g/mol. The summed E-state index contributed by atoms with van der Waals surface area (Å²) in [6, 6.07) is 9.83. The van der Waals surface area contributed by atoms with Gasteiger partial charge in [0.15, 0.2) is 0 Å². The fourth-order valence-corrected chi connectivity index (χ4v) is 2.52. The van der Waals surface area contributed by atoms with Crippen molar-refractivity contribution >= 4 is 5.91 Å².